The molecule has 1 aromatic carbocycles. The maximum atomic E-state index is 7.45. The molecule has 0 bridgehead atoms. The van der Waals surface area contributed by atoms with Gasteiger partial charge in [0.1, 0.15) is 0 Å². The van der Waals surface area contributed by atoms with Crippen molar-refractivity contribution in [3.63, 3.8) is 0 Å². The molecule has 0 aliphatic carbocycles. The highest BCUT2D eigenvalue weighted by Crippen LogP contribution is 2.05. The predicted octanol–water partition coefficient (Wildman–Crippen LogP) is 0.425. The number of nitrogen functional groups attached to an aromatic ring is 1. The lowest BCUT2D eigenvalue weighted by Gasteiger charge is -1.83. The molecule has 0 radical (unpaired) electrons. The standard InChI is InChI=1S/C6H7N.H4NO2P/c7-6-4-2-1-3-5-6;1-4(2)3/h1-5H,7H2;2-3H,1H2. The van der Waals surface area contributed by atoms with E-state index < -0.39 is 8.53 Å². The minimum absolute atomic E-state index is 0.822. The number of para-hydroxylation sites is 1. The van der Waals surface area contributed by atoms with Gasteiger partial charge >= 0.3 is 0 Å². The Kier molecular flexibility index (Phi) is 5.70. The largest absolute Gasteiger partial charge is 0.399 e. The highest BCUT2D eigenvalue weighted by Gasteiger charge is 1.73. The first-order valence-corrected chi connectivity index (χ1v) is 4.17. The minimum Gasteiger partial charge on any atom is -0.399 e. The number of benzene rings is 1. The number of nitrogens with two attached hydrogens (primary N) is 2. The lowest BCUT2D eigenvalue weighted by molar-refractivity contribution is 0.485. The van der Waals surface area contributed by atoms with Gasteiger partial charge in [0, 0.05) is 5.69 Å². The van der Waals surface area contributed by atoms with E-state index in [1.54, 1.807) is 0 Å². The molecule has 0 saturated carbocycles. The van der Waals surface area contributed by atoms with Crippen LogP contribution in [0.25, 0.3) is 0 Å². The summed E-state index contributed by atoms with van der Waals surface area (Å²) in [6.07, 6.45) is 0. The smallest absolute Gasteiger partial charge is 0.247 e. The van der Waals surface area contributed by atoms with Crippen LogP contribution in [0.4, 0.5) is 5.69 Å². The topological polar surface area (TPSA) is 92.5 Å². The van der Waals surface area contributed by atoms with Crippen LogP contribution >= 0.6 is 8.53 Å². The van der Waals surface area contributed by atoms with Gasteiger partial charge in [0.25, 0.3) is 0 Å². The summed E-state index contributed by atoms with van der Waals surface area (Å²) in [5.74, 6) is 0. The zero-order valence-electron chi connectivity index (χ0n) is 5.88. The second-order valence-corrected chi connectivity index (χ2v) is 2.37. The van der Waals surface area contributed by atoms with Crippen LogP contribution < -0.4 is 11.2 Å². The molecule has 0 aliphatic heterocycles. The van der Waals surface area contributed by atoms with Gasteiger partial charge in [-0.2, -0.15) is 0 Å². The third-order valence-corrected chi connectivity index (χ3v) is 0.800. The van der Waals surface area contributed by atoms with Crippen molar-refractivity contribution in [2.75, 3.05) is 5.73 Å². The summed E-state index contributed by atoms with van der Waals surface area (Å²) in [4.78, 5) is 14.9. The molecule has 0 unspecified atom stereocenters. The Morgan fingerprint density at radius 1 is 1.09 bits per heavy atom. The molecule has 6 N–H and O–H groups in total. The van der Waals surface area contributed by atoms with Crippen LogP contribution in [-0.2, 0) is 0 Å². The van der Waals surface area contributed by atoms with Crippen molar-refractivity contribution in [2.45, 2.75) is 0 Å². The van der Waals surface area contributed by atoms with E-state index in [9.17, 15) is 0 Å². The quantitative estimate of drug-likeness (QED) is 0.339. The molecular formula is C6H11N2O2P. The Morgan fingerprint density at radius 3 is 1.64 bits per heavy atom. The third-order valence-electron chi connectivity index (χ3n) is 0.800. The van der Waals surface area contributed by atoms with Crippen LogP contribution in [0.5, 0.6) is 0 Å². The van der Waals surface area contributed by atoms with Gasteiger partial charge < -0.3 is 15.5 Å². The zero-order chi connectivity index (χ0) is 8.69. The summed E-state index contributed by atoms with van der Waals surface area (Å²) >= 11 is 0. The summed E-state index contributed by atoms with van der Waals surface area (Å²) in [5, 5.41) is 0. The molecule has 0 atom stereocenters. The molecule has 0 aliphatic rings. The zero-order valence-corrected chi connectivity index (χ0v) is 6.78. The second kappa shape index (κ2) is 6.07. The van der Waals surface area contributed by atoms with Crippen molar-refractivity contribution >= 4 is 14.2 Å². The van der Waals surface area contributed by atoms with E-state index in [1.807, 2.05) is 30.3 Å². The second-order valence-electron chi connectivity index (χ2n) is 1.73. The maximum absolute atomic E-state index is 7.45. The Labute approximate surface area is 66.4 Å². The van der Waals surface area contributed by atoms with E-state index in [1.165, 1.54) is 0 Å². The van der Waals surface area contributed by atoms with E-state index in [-0.39, 0.29) is 0 Å². The van der Waals surface area contributed by atoms with Crippen LogP contribution in [0.1, 0.15) is 0 Å². The van der Waals surface area contributed by atoms with Gasteiger partial charge in [-0.05, 0) is 12.1 Å². The first-order chi connectivity index (χ1) is 5.13. The van der Waals surface area contributed by atoms with Crippen molar-refractivity contribution in [3.8, 4) is 0 Å². The first kappa shape index (κ1) is 10.3. The predicted molar refractivity (Wildman–Crippen MR) is 46.4 cm³/mol. The fourth-order valence-corrected chi connectivity index (χ4v) is 0.453. The molecule has 1 aromatic rings. The monoisotopic (exact) mass is 174 g/mol. The molecule has 0 fully saturated rings. The summed E-state index contributed by atoms with van der Waals surface area (Å²) in [6.45, 7) is 0. The van der Waals surface area contributed by atoms with Gasteiger partial charge in [0.05, 0.1) is 0 Å². The molecular weight excluding hydrogens is 163 g/mol. The number of anilines is 1. The Hall–Kier alpha value is -0.670. The van der Waals surface area contributed by atoms with Gasteiger partial charge in [-0.3, -0.25) is 5.50 Å². The van der Waals surface area contributed by atoms with Crippen LogP contribution in [0, 0.1) is 0 Å². The molecule has 0 amide bonds. The first-order valence-electron chi connectivity index (χ1n) is 2.86. The third kappa shape index (κ3) is 9.33. The van der Waals surface area contributed by atoms with Crippen molar-refractivity contribution in [1.29, 1.82) is 0 Å². The highest BCUT2D eigenvalue weighted by atomic mass is 31.2. The fourth-order valence-electron chi connectivity index (χ4n) is 0.453. The van der Waals surface area contributed by atoms with Gasteiger partial charge in [0.15, 0.2) is 0 Å². The van der Waals surface area contributed by atoms with Gasteiger partial charge in [-0.15, -0.1) is 0 Å². The molecule has 0 aromatic heterocycles. The van der Waals surface area contributed by atoms with Gasteiger partial charge in [-0.1, -0.05) is 18.2 Å². The van der Waals surface area contributed by atoms with Crippen molar-refractivity contribution < 1.29 is 9.79 Å². The fraction of sp³-hybridized carbons (Fsp3) is 0. The lowest BCUT2D eigenvalue weighted by atomic mass is 10.3. The van der Waals surface area contributed by atoms with Crippen molar-refractivity contribution in [1.82, 2.24) is 0 Å². The number of rotatable bonds is 0. The van der Waals surface area contributed by atoms with E-state index in [4.69, 9.17) is 15.5 Å². The Bertz CT molecular complexity index is 178. The minimum atomic E-state index is -2.12. The Balaban J connectivity index is 0.000000218. The molecule has 11 heavy (non-hydrogen) atoms. The van der Waals surface area contributed by atoms with Crippen LogP contribution in [0.2, 0.25) is 0 Å². The number of hydrogen-bond acceptors (Lipinski definition) is 4. The van der Waals surface area contributed by atoms with Crippen molar-refractivity contribution in [3.05, 3.63) is 30.3 Å². The summed E-state index contributed by atoms with van der Waals surface area (Å²) in [6, 6.07) is 9.49. The van der Waals surface area contributed by atoms with E-state index in [0.29, 0.717) is 0 Å². The van der Waals surface area contributed by atoms with Gasteiger partial charge in [-0.25, -0.2) is 0 Å². The molecule has 0 heterocycles. The molecule has 62 valence electrons. The molecule has 0 spiro atoms. The average molecular weight is 174 g/mol. The Morgan fingerprint density at radius 2 is 1.45 bits per heavy atom. The highest BCUT2D eigenvalue weighted by molar-refractivity contribution is 7.42. The normalized spacial score (nSPS) is 8.73. The maximum Gasteiger partial charge on any atom is 0.247 e. The number of hydrogen-bond donors (Lipinski definition) is 4. The summed E-state index contributed by atoms with van der Waals surface area (Å²) in [5.41, 5.74) is 10.5. The average Bonchev–Trinajstić information content (AvgIpc) is 1.87. The molecule has 0 saturated heterocycles. The van der Waals surface area contributed by atoms with Crippen LogP contribution in [-0.4, -0.2) is 9.79 Å². The summed E-state index contributed by atoms with van der Waals surface area (Å²) in [7, 11) is -2.12. The van der Waals surface area contributed by atoms with E-state index >= 15 is 0 Å². The molecule has 1 rings (SSSR count). The molecule has 5 heteroatoms. The van der Waals surface area contributed by atoms with Crippen LogP contribution in [0.15, 0.2) is 30.3 Å². The summed E-state index contributed by atoms with van der Waals surface area (Å²) < 4.78 is 0. The van der Waals surface area contributed by atoms with Crippen molar-refractivity contribution in [2.24, 2.45) is 5.50 Å². The van der Waals surface area contributed by atoms with E-state index in [0.717, 1.165) is 5.69 Å². The lowest BCUT2D eigenvalue weighted by Crippen LogP contribution is -1.79. The van der Waals surface area contributed by atoms with Gasteiger partial charge in [0.2, 0.25) is 8.53 Å². The van der Waals surface area contributed by atoms with Crippen LogP contribution in [0.3, 0.4) is 0 Å². The molecule has 4 nitrogen and oxygen atoms in total. The SMILES string of the molecule is NP(O)O.Nc1ccccc1. The van der Waals surface area contributed by atoms with E-state index in [2.05, 4.69) is 5.50 Å².